The van der Waals surface area contributed by atoms with E-state index in [1.807, 2.05) is 4.72 Å². The molecular weight excluding hydrogens is 447 g/mol. The lowest BCUT2D eigenvalue weighted by Gasteiger charge is -2.24. The number of halogens is 3. The van der Waals surface area contributed by atoms with Gasteiger partial charge in [0.15, 0.2) is 0 Å². The van der Waals surface area contributed by atoms with Crippen LogP contribution in [0.15, 0.2) is 53.4 Å². The maximum Gasteiger partial charge on any atom is 0.416 e. The van der Waals surface area contributed by atoms with Crippen LogP contribution in [0.4, 0.5) is 18.9 Å². The van der Waals surface area contributed by atoms with E-state index < -0.39 is 44.4 Å². The van der Waals surface area contributed by atoms with E-state index in [-0.39, 0.29) is 6.42 Å². The number of nitrogens with two attached hydrogens (primary N) is 1. The number of rotatable bonds is 8. The van der Waals surface area contributed by atoms with E-state index in [4.69, 9.17) is 5.73 Å². The molecule has 2 aromatic carbocycles. The van der Waals surface area contributed by atoms with Crippen LogP contribution in [0, 0.1) is 5.92 Å². The molecule has 0 fully saturated rings. The molecule has 1 unspecified atom stereocenters. The molecule has 2 rings (SSSR count). The van der Waals surface area contributed by atoms with Crippen molar-refractivity contribution in [1.29, 1.82) is 0 Å². The predicted molar refractivity (Wildman–Crippen MR) is 113 cm³/mol. The molecule has 0 aromatic heterocycles. The van der Waals surface area contributed by atoms with Crippen LogP contribution in [-0.2, 0) is 32.2 Å². The second-order valence-electron chi connectivity index (χ2n) is 7.00. The number of nitrogens with one attached hydrogen (secondary N) is 1. The fraction of sp³-hybridized carbons (Fsp3) is 0.333. The second-order valence-corrected chi connectivity index (χ2v) is 8.68. The van der Waals surface area contributed by atoms with Gasteiger partial charge in [-0.15, -0.1) is 0 Å². The van der Waals surface area contributed by atoms with Gasteiger partial charge in [0.05, 0.1) is 10.5 Å². The first-order valence-electron chi connectivity index (χ1n) is 9.76. The van der Waals surface area contributed by atoms with Gasteiger partial charge in [-0.25, -0.2) is 13.1 Å². The highest BCUT2D eigenvalue weighted by Gasteiger charge is 2.34. The van der Waals surface area contributed by atoms with Crippen molar-refractivity contribution >= 4 is 27.5 Å². The molecule has 2 aromatic rings. The Morgan fingerprint density at radius 2 is 1.53 bits per heavy atom. The van der Waals surface area contributed by atoms with Crippen LogP contribution < -0.4 is 10.5 Å². The van der Waals surface area contributed by atoms with E-state index >= 15 is 0 Å². The van der Waals surface area contributed by atoms with Crippen LogP contribution in [0.1, 0.15) is 25.0 Å². The van der Waals surface area contributed by atoms with Crippen LogP contribution in [0.2, 0.25) is 0 Å². The average molecular weight is 472 g/mol. The van der Waals surface area contributed by atoms with Crippen LogP contribution in [0.5, 0.6) is 0 Å². The quantitative estimate of drug-likeness (QED) is 0.455. The zero-order chi connectivity index (χ0) is 24.1. The molecule has 174 valence electrons. The highest BCUT2D eigenvalue weighted by atomic mass is 32.2. The average Bonchev–Trinajstić information content (AvgIpc) is 2.73. The number of anilines is 1. The molecule has 3 N–H and O–H groups in total. The zero-order valence-corrected chi connectivity index (χ0v) is 18.3. The lowest BCUT2D eigenvalue weighted by Crippen LogP contribution is -2.46. The Kier molecular flexibility index (Phi) is 7.89. The van der Waals surface area contributed by atoms with Gasteiger partial charge in [0, 0.05) is 18.8 Å². The first kappa shape index (κ1) is 25.2. The van der Waals surface area contributed by atoms with Gasteiger partial charge in [0.25, 0.3) is 10.0 Å². The number of benzene rings is 2. The largest absolute Gasteiger partial charge is 0.416 e. The van der Waals surface area contributed by atoms with Gasteiger partial charge in [-0.3, -0.25) is 9.59 Å². The first-order chi connectivity index (χ1) is 14.9. The summed E-state index contributed by atoms with van der Waals surface area (Å²) < 4.78 is 65.2. The number of carbonyl (C=O) groups excluding carboxylic acids is 2. The summed E-state index contributed by atoms with van der Waals surface area (Å²) in [5, 5.41) is 0. The number of sulfonamides is 1. The van der Waals surface area contributed by atoms with E-state index in [1.54, 1.807) is 38.1 Å². The summed E-state index contributed by atoms with van der Waals surface area (Å²) in [6, 6.07) is 9.12. The highest BCUT2D eigenvalue weighted by molar-refractivity contribution is 7.90. The van der Waals surface area contributed by atoms with Crippen molar-refractivity contribution in [2.45, 2.75) is 31.3 Å². The fourth-order valence-electron chi connectivity index (χ4n) is 3.02. The van der Waals surface area contributed by atoms with E-state index in [1.165, 1.54) is 4.90 Å². The molecule has 0 radical (unpaired) electrons. The Labute approximate surface area is 184 Å². The van der Waals surface area contributed by atoms with E-state index in [9.17, 15) is 31.2 Å². The van der Waals surface area contributed by atoms with Gasteiger partial charge in [-0.05, 0) is 62.2 Å². The second kappa shape index (κ2) is 10.0. The minimum atomic E-state index is -4.63. The summed E-state index contributed by atoms with van der Waals surface area (Å²) in [6.07, 6.45) is -4.71. The molecule has 0 aliphatic carbocycles. The number of amides is 2. The molecular formula is C21H24F3N3O4S. The number of carbonyl (C=O) groups is 2. The summed E-state index contributed by atoms with van der Waals surface area (Å²) in [7, 11) is -4.50. The maximum absolute atomic E-state index is 12.9. The third-order valence-corrected chi connectivity index (χ3v) is 6.20. The zero-order valence-electron chi connectivity index (χ0n) is 17.5. The minimum absolute atomic E-state index is 0.0794. The Morgan fingerprint density at radius 1 is 1.00 bits per heavy atom. The maximum atomic E-state index is 12.9. The van der Waals surface area contributed by atoms with Gasteiger partial charge < -0.3 is 10.6 Å². The van der Waals surface area contributed by atoms with Crippen LogP contribution in [-0.4, -0.2) is 38.2 Å². The van der Waals surface area contributed by atoms with Crippen molar-refractivity contribution in [3.63, 3.8) is 0 Å². The number of alkyl halides is 3. The normalized spacial score (nSPS) is 12.8. The monoisotopic (exact) mass is 471 g/mol. The molecule has 1 atom stereocenters. The van der Waals surface area contributed by atoms with Crippen LogP contribution in [0.3, 0.4) is 0 Å². The van der Waals surface area contributed by atoms with Gasteiger partial charge in [-0.2, -0.15) is 13.2 Å². The molecule has 2 amide bonds. The molecule has 0 heterocycles. The van der Waals surface area contributed by atoms with E-state index in [0.717, 1.165) is 12.1 Å². The molecule has 32 heavy (non-hydrogen) atoms. The molecule has 7 nitrogen and oxygen atoms in total. The number of hydrogen-bond acceptors (Lipinski definition) is 5. The summed E-state index contributed by atoms with van der Waals surface area (Å²) in [5.41, 5.74) is 5.69. The van der Waals surface area contributed by atoms with E-state index in [2.05, 4.69) is 0 Å². The summed E-state index contributed by atoms with van der Waals surface area (Å²) in [5.74, 6) is -2.99. The molecule has 0 bridgehead atoms. The van der Waals surface area contributed by atoms with Crippen molar-refractivity contribution in [2.75, 3.05) is 18.8 Å². The SMILES string of the molecule is CCN(CC)C(=O)C(Cc1ccc(N)cc1)C(=O)NS(=O)(=O)c1ccc(C(F)(F)F)cc1. The number of nitrogen functional groups attached to an aromatic ring is 1. The third-order valence-electron chi connectivity index (χ3n) is 4.84. The first-order valence-corrected chi connectivity index (χ1v) is 11.2. The predicted octanol–water partition coefficient (Wildman–Crippen LogP) is 2.82. The Balaban J connectivity index is 2.31. The van der Waals surface area contributed by atoms with Crippen molar-refractivity contribution in [3.05, 3.63) is 59.7 Å². The van der Waals surface area contributed by atoms with Crippen molar-refractivity contribution in [1.82, 2.24) is 9.62 Å². The number of nitrogens with zero attached hydrogens (tertiary/aromatic N) is 1. The van der Waals surface area contributed by atoms with Crippen molar-refractivity contribution in [3.8, 4) is 0 Å². The molecule has 0 saturated carbocycles. The van der Waals surface area contributed by atoms with Crippen LogP contribution >= 0.6 is 0 Å². The Bertz CT molecular complexity index is 1050. The number of hydrogen-bond donors (Lipinski definition) is 2. The summed E-state index contributed by atoms with van der Waals surface area (Å²) >= 11 is 0. The van der Waals surface area contributed by atoms with Crippen LogP contribution in [0.25, 0.3) is 0 Å². The lowest BCUT2D eigenvalue weighted by atomic mass is 9.97. The van der Waals surface area contributed by atoms with Crippen molar-refractivity contribution < 1.29 is 31.2 Å². The van der Waals surface area contributed by atoms with Crippen molar-refractivity contribution in [2.24, 2.45) is 5.92 Å². The van der Waals surface area contributed by atoms with Gasteiger partial charge in [0.2, 0.25) is 11.8 Å². The minimum Gasteiger partial charge on any atom is -0.399 e. The molecule has 0 aliphatic rings. The molecule has 0 spiro atoms. The summed E-state index contributed by atoms with van der Waals surface area (Å²) in [4.78, 5) is 26.6. The van der Waals surface area contributed by atoms with E-state index in [0.29, 0.717) is 36.5 Å². The molecule has 0 aliphatic heterocycles. The molecule has 0 saturated heterocycles. The lowest BCUT2D eigenvalue weighted by molar-refractivity contribution is -0.141. The highest BCUT2D eigenvalue weighted by Crippen LogP contribution is 2.29. The Hall–Kier alpha value is -3.08. The van der Waals surface area contributed by atoms with Gasteiger partial charge in [-0.1, -0.05) is 12.1 Å². The summed E-state index contributed by atoms with van der Waals surface area (Å²) in [6.45, 7) is 4.07. The van der Waals surface area contributed by atoms with Gasteiger partial charge >= 0.3 is 6.18 Å². The van der Waals surface area contributed by atoms with Gasteiger partial charge in [0.1, 0.15) is 5.92 Å². The topological polar surface area (TPSA) is 110 Å². The Morgan fingerprint density at radius 3 is 2.00 bits per heavy atom. The molecule has 11 heteroatoms. The fourth-order valence-corrected chi connectivity index (χ4v) is 4.04. The standard InChI is InChI=1S/C21H24F3N3O4S/c1-3-27(4-2)20(29)18(13-14-5-9-16(25)10-6-14)19(28)26-32(30,31)17-11-7-15(8-12-17)21(22,23)24/h5-12,18H,3-4,13,25H2,1-2H3,(H,26,28). The smallest absolute Gasteiger partial charge is 0.399 e. The third kappa shape index (κ3) is 6.22.